The first kappa shape index (κ1) is 12.8. The largest absolute Gasteiger partial charge is 0.367 e. The van der Waals surface area contributed by atoms with Crippen LogP contribution >= 0.6 is 0 Å². The molecule has 1 unspecified atom stereocenters. The van der Waals surface area contributed by atoms with Gasteiger partial charge in [0.25, 0.3) is 5.91 Å². The molecule has 1 aromatic rings. The number of nitrogens with two attached hydrogens (primary N) is 1. The summed E-state index contributed by atoms with van der Waals surface area (Å²) in [6, 6.07) is 3.86. The van der Waals surface area contributed by atoms with Crippen LogP contribution in [0.2, 0.25) is 0 Å². The Morgan fingerprint density at radius 2 is 2.33 bits per heavy atom. The number of likely N-dealkylation sites (N-methyl/N-ethyl adjacent to an activating group) is 1. The standard InChI is InChI=1S/C12H19N5O/c1-17-7-3-2-4-9(17)8-14-11-6-5-10(12(13)18)15-16-11/h5-6,9H,2-4,7-8H2,1H3,(H2,13,18)(H,14,16). The number of hydrogen-bond donors (Lipinski definition) is 2. The van der Waals surface area contributed by atoms with Gasteiger partial charge in [-0.15, -0.1) is 10.2 Å². The Balaban J connectivity index is 1.87. The van der Waals surface area contributed by atoms with Crippen LogP contribution in [0.25, 0.3) is 0 Å². The Morgan fingerprint density at radius 1 is 1.50 bits per heavy atom. The molecule has 18 heavy (non-hydrogen) atoms. The van der Waals surface area contributed by atoms with E-state index in [2.05, 4.69) is 27.5 Å². The number of anilines is 1. The van der Waals surface area contributed by atoms with E-state index in [9.17, 15) is 4.79 Å². The van der Waals surface area contributed by atoms with Crippen LogP contribution in [0.5, 0.6) is 0 Å². The maximum absolute atomic E-state index is 10.9. The van der Waals surface area contributed by atoms with E-state index in [-0.39, 0.29) is 5.69 Å². The molecule has 2 heterocycles. The Morgan fingerprint density at radius 3 is 2.94 bits per heavy atom. The van der Waals surface area contributed by atoms with Crippen molar-refractivity contribution in [3.63, 3.8) is 0 Å². The second-order valence-corrected chi connectivity index (χ2v) is 4.68. The quantitative estimate of drug-likeness (QED) is 0.810. The van der Waals surface area contributed by atoms with E-state index < -0.39 is 5.91 Å². The normalized spacial score (nSPS) is 20.6. The molecule has 0 spiro atoms. The van der Waals surface area contributed by atoms with Gasteiger partial charge in [-0.2, -0.15) is 0 Å². The molecule has 98 valence electrons. The van der Waals surface area contributed by atoms with Crippen molar-refractivity contribution in [2.24, 2.45) is 5.73 Å². The molecule has 0 bridgehead atoms. The van der Waals surface area contributed by atoms with Gasteiger partial charge in [0.05, 0.1) is 0 Å². The molecule has 2 rings (SSSR count). The van der Waals surface area contributed by atoms with Gasteiger partial charge in [-0.1, -0.05) is 6.42 Å². The Bertz CT molecular complexity index is 405. The van der Waals surface area contributed by atoms with Crippen molar-refractivity contribution >= 4 is 11.7 Å². The predicted octanol–water partition coefficient (Wildman–Crippen LogP) is 0.472. The number of rotatable bonds is 4. The van der Waals surface area contributed by atoms with Crippen molar-refractivity contribution in [2.75, 3.05) is 25.5 Å². The lowest BCUT2D eigenvalue weighted by molar-refractivity contribution is 0.0994. The highest BCUT2D eigenvalue weighted by molar-refractivity contribution is 5.90. The molecular weight excluding hydrogens is 230 g/mol. The molecule has 6 nitrogen and oxygen atoms in total. The zero-order valence-electron chi connectivity index (χ0n) is 10.6. The average Bonchev–Trinajstić information content (AvgIpc) is 2.38. The van der Waals surface area contributed by atoms with Crippen molar-refractivity contribution in [3.05, 3.63) is 17.8 Å². The van der Waals surface area contributed by atoms with Gasteiger partial charge in [0.15, 0.2) is 5.69 Å². The van der Waals surface area contributed by atoms with E-state index in [0.29, 0.717) is 11.9 Å². The third kappa shape index (κ3) is 3.16. The molecule has 6 heteroatoms. The van der Waals surface area contributed by atoms with E-state index in [1.807, 2.05) is 0 Å². The number of primary amides is 1. The van der Waals surface area contributed by atoms with Gasteiger partial charge >= 0.3 is 0 Å². The topological polar surface area (TPSA) is 84.1 Å². The van der Waals surface area contributed by atoms with E-state index in [4.69, 9.17) is 5.73 Å². The number of nitrogens with zero attached hydrogens (tertiary/aromatic N) is 3. The van der Waals surface area contributed by atoms with E-state index in [1.54, 1.807) is 12.1 Å². The molecule has 0 radical (unpaired) electrons. The van der Waals surface area contributed by atoms with E-state index >= 15 is 0 Å². The lowest BCUT2D eigenvalue weighted by Gasteiger charge is -2.32. The number of carbonyl (C=O) groups excluding carboxylic acids is 1. The number of carbonyl (C=O) groups is 1. The molecular formula is C12H19N5O. The summed E-state index contributed by atoms with van der Waals surface area (Å²) in [5.41, 5.74) is 5.29. The zero-order chi connectivity index (χ0) is 13.0. The minimum Gasteiger partial charge on any atom is -0.367 e. The van der Waals surface area contributed by atoms with Crippen molar-refractivity contribution in [1.29, 1.82) is 0 Å². The number of hydrogen-bond acceptors (Lipinski definition) is 5. The minimum absolute atomic E-state index is 0.190. The molecule has 1 aliphatic heterocycles. The predicted molar refractivity (Wildman–Crippen MR) is 69.3 cm³/mol. The number of likely N-dealkylation sites (tertiary alicyclic amines) is 1. The number of nitrogens with one attached hydrogen (secondary N) is 1. The van der Waals surface area contributed by atoms with Gasteiger partial charge in [0, 0.05) is 12.6 Å². The zero-order valence-corrected chi connectivity index (χ0v) is 10.6. The second-order valence-electron chi connectivity index (χ2n) is 4.68. The first-order chi connectivity index (χ1) is 8.66. The summed E-state index contributed by atoms with van der Waals surface area (Å²) >= 11 is 0. The van der Waals surface area contributed by atoms with Crippen molar-refractivity contribution < 1.29 is 4.79 Å². The van der Waals surface area contributed by atoms with Crippen molar-refractivity contribution in [3.8, 4) is 0 Å². The Kier molecular flexibility index (Phi) is 4.09. The summed E-state index contributed by atoms with van der Waals surface area (Å²) in [5.74, 6) is 0.125. The van der Waals surface area contributed by atoms with Crippen LogP contribution in [0.15, 0.2) is 12.1 Å². The lowest BCUT2D eigenvalue weighted by Crippen LogP contribution is -2.40. The molecule has 3 N–H and O–H groups in total. The molecule has 1 amide bonds. The molecule has 1 aliphatic rings. The Hall–Kier alpha value is -1.69. The molecule has 0 aliphatic carbocycles. The fourth-order valence-corrected chi connectivity index (χ4v) is 2.18. The van der Waals surface area contributed by atoms with Gasteiger partial charge in [0.1, 0.15) is 5.82 Å². The summed E-state index contributed by atoms with van der Waals surface area (Å²) in [6.07, 6.45) is 3.76. The van der Waals surface area contributed by atoms with Crippen LogP contribution in [-0.2, 0) is 0 Å². The summed E-state index contributed by atoms with van der Waals surface area (Å²) in [5, 5.41) is 10.9. The second kappa shape index (κ2) is 5.77. The van der Waals surface area contributed by atoms with Crippen molar-refractivity contribution in [2.45, 2.75) is 25.3 Å². The highest BCUT2D eigenvalue weighted by Crippen LogP contribution is 2.15. The van der Waals surface area contributed by atoms with Gasteiger partial charge in [0.2, 0.25) is 0 Å². The molecule has 1 saturated heterocycles. The molecule has 1 aromatic heterocycles. The summed E-state index contributed by atoms with van der Waals surface area (Å²) in [6.45, 7) is 2.00. The van der Waals surface area contributed by atoms with Crippen LogP contribution in [0.1, 0.15) is 29.8 Å². The van der Waals surface area contributed by atoms with Gasteiger partial charge in [-0.05, 0) is 38.6 Å². The van der Waals surface area contributed by atoms with Gasteiger partial charge in [-0.3, -0.25) is 4.79 Å². The fraction of sp³-hybridized carbons (Fsp3) is 0.583. The average molecular weight is 249 g/mol. The van der Waals surface area contributed by atoms with Crippen LogP contribution in [0.4, 0.5) is 5.82 Å². The maximum atomic E-state index is 10.9. The third-order valence-corrected chi connectivity index (χ3v) is 3.36. The highest BCUT2D eigenvalue weighted by atomic mass is 16.1. The first-order valence-electron chi connectivity index (χ1n) is 6.24. The highest BCUT2D eigenvalue weighted by Gasteiger charge is 2.18. The molecule has 0 aromatic carbocycles. The van der Waals surface area contributed by atoms with Crippen molar-refractivity contribution in [1.82, 2.24) is 15.1 Å². The monoisotopic (exact) mass is 249 g/mol. The van der Waals surface area contributed by atoms with Crippen LogP contribution < -0.4 is 11.1 Å². The number of piperidine rings is 1. The summed E-state index contributed by atoms with van der Waals surface area (Å²) < 4.78 is 0. The number of aromatic nitrogens is 2. The summed E-state index contributed by atoms with van der Waals surface area (Å²) in [4.78, 5) is 13.2. The van der Waals surface area contributed by atoms with E-state index in [1.165, 1.54) is 19.3 Å². The van der Waals surface area contributed by atoms with Crippen LogP contribution in [0, 0.1) is 0 Å². The Labute approximate surface area is 107 Å². The van der Waals surface area contributed by atoms with Gasteiger partial charge < -0.3 is 16.0 Å². The lowest BCUT2D eigenvalue weighted by atomic mass is 10.0. The maximum Gasteiger partial charge on any atom is 0.269 e. The van der Waals surface area contributed by atoms with Gasteiger partial charge in [-0.25, -0.2) is 0 Å². The molecule has 1 atom stereocenters. The van der Waals surface area contributed by atoms with E-state index in [0.717, 1.165) is 13.1 Å². The summed E-state index contributed by atoms with van der Waals surface area (Å²) in [7, 11) is 2.15. The minimum atomic E-state index is -0.555. The first-order valence-corrected chi connectivity index (χ1v) is 6.24. The van der Waals surface area contributed by atoms with Crippen LogP contribution in [-0.4, -0.2) is 47.2 Å². The molecule has 1 fully saturated rings. The van der Waals surface area contributed by atoms with Crippen LogP contribution in [0.3, 0.4) is 0 Å². The SMILES string of the molecule is CN1CCCCC1CNc1ccc(C(N)=O)nn1. The molecule has 0 saturated carbocycles. The smallest absolute Gasteiger partial charge is 0.269 e. The number of amides is 1. The fourth-order valence-electron chi connectivity index (χ4n) is 2.18. The third-order valence-electron chi connectivity index (χ3n) is 3.36.